The molecule has 0 N–H and O–H groups in total. The first kappa shape index (κ1) is 16.0. The Morgan fingerprint density at radius 3 is 3.00 bits per heavy atom. The fourth-order valence-electron chi connectivity index (χ4n) is 2.92. The highest BCUT2D eigenvalue weighted by molar-refractivity contribution is 5.94. The molecule has 116 valence electrons. The average Bonchev–Trinajstić information content (AvgIpc) is 2.47. The van der Waals surface area contributed by atoms with Gasteiger partial charge >= 0.3 is 0 Å². The monoisotopic (exact) mass is 289 g/mol. The van der Waals surface area contributed by atoms with E-state index in [0.29, 0.717) is 0 Å². The number of carbonyl (C=O) groups is 1. The summed E-state index contributed by atoms with van der Waals surface area (Å²) in [7, 11) is 0. The summed E-state index contributed by atoms with van der Waals surface area (Å²) in [6, 6.07) is 7.45. The van der Waals surface area contributed by atoms with E-state index in [1.165, 1.54) is 38.9 Å². The van der Waals surface area contributed by atoms with Crippen LogP contribution in [0.2, 0.25) is 0 Å². The quantitative estimate of drug-likeness (QED) is 0.565. The summed E-state index contributed by atoms with van der Waals surface area (Å²) in [6.07, 6.45) is 4.97. The number of hydrogen-bond acceptors (Lipinski definition) is 3. The molecule has 3 nitrogen and oxygen atoms in total. The van der Waals surface area contributed by atoms with Gasteiger partial charge in [-0.2, -0.15) is 0 Å². The number of carbonyl (C=O) groups excluding carboxylic acids is 1. The molecule has 21 heavy (non-hydrogen) atoms. The van der Waals surface area contributed by atoms with Crippen LogP contribution >= 0.6 is 0 Å². The molecule has 0 unspecified atom stereocenters. The predicted octanol–water partition coefficient (Wildman–Crippen LogP) is 3.78. The molecule has 1 saturated heterocycles. The Hall–Kier alpha value is -1.35. The molecule has 0 amide bonds. The van der Waals surface area contributed by atoms with E-state index in [4.69, 9.17) is 4.74 Å². The average molecular weight is 289 g/mol. The predicted molar refractivity (Wildman–Crippen MR) is 86.0 cm³/mol. The van der Waals surface area contributed by atoms with Crippen LogP contribution in [0.3, 0.4) is 0 Å². The SMILES string of the molecule is CC(=O)c1cccc(OCCCCN2CCC[C@@H](C)C2)c1. The Morgan fingerprint density at radius 2 is 2.24 bits per heavy atom. The minimum Gasteiger partial charge on any atom is -0.494 e. The van der Waals surface area contributed by atoms with Crippen molar-refractivity contribution in [3.63, 3.8) is 0 Å². The molecule has 3 heteroatoms. The van der Waals surface area contributed by atoms with E-state index in [9.17, 15) is 4.79 Å². The van der Waals surface area contributed by atoms with Gasteiger partial charge in [0.1, 0.15) is 5.75 Å². The minimum absolute atomic E-state index is 0.0830. The van der Waals surface area contributed by atoms with Crippen LogP contribution in [-0.2, 0) is 0 Å². The third-order valence-electron chi connectivity index (χ3n) is 4.12. The van der Waals surface area contributed by atoms with Crippen LogP contribution in [-0.4, -0.2) is 36.9 Å². The molecule has 1 aliphatic rings. The van der Waals surface area contributed by atoms with Crippen molar-refractivity contribution < 1.29 is 9.53 Å². The number of unbranched alkanes of at least 4 members (excludes halogenated alkanes) is 1. The summed E-state index contributed by atoms with van der Waals surface area (Å²) in [4.78, 5) is 13.9. The van der Waals surface area contributed by atoms with Crippen LogP contribution in [0.4, 0.5) is 0 Å². The molecule has 0 aromatic heterocycles. The van der Waals surface area contributed by atoms with Gasteiger partial charge in [-0.25, -0.2) is 0 Å². The van der Waals surface area contributed by atoms with Crippen molar-refractivity contribution in [1.29, 1.82) is 0 Å². The molecule has 1 fully saturated rings. The second kappa shape index (κ2) is 8.18. The number of ketones is 1. The van der Waals surface area contributed by atoms with E-state index in [1.54, 1.807) is 6.92 Å². The van der Waals surface area contributed by atoms with Gasteiger partial charge in [0.25, 0.3) is 0 Å². The number of ether oxygens (including phenoxy) is 1. The van der Waals surface area contributed by atoms with Gasteiger partial charge in [0.15, 0.2) is 5.78 Å². The topological polar surface area (TPSA) is 29.5 Å². The van der Waals surface area contributed by atoms with Gasteiger partial charge in [0.2, 0.25) is 0 Å². The second-order valence-electron chi connectivity index (χ2n) is 6.19. The Labute approximate surface area is 128 Å². The molecule has 0 aliphatic carbocycles. The van der Waals surface area contributed by atoms with Crippen molar-refractivity contribution in [2.24, 2.45) is 5.92 Å². The molecule has 0 spiro atoms. The van der Waals surface area contributed by atoms with Crippen molar-refractivity contribution in [2.75, 3.05) is 26.2 Å². The van der Waals surface area contributed by atoms with E-state index in [1.807, 2.05) is 24.3 Å². The van der Waals surface area contributed by atoms with Crippen molar-refractivity contribution in [2.45, 2.75) is 39.5 Å². The lowest BCUT2D eigenvalue weighted by molar-refractivity contribution is 0.101. The zero-order valence-corrected chi connectivity index (χ0v) is 13.3. The number of hydrogen-bond donors (Lipinski definition) is 0. The van der Waals surface area contributed by atoms with Crippen molar-refractivity contribution in [3.05, 3.63) is 29.8 Å². The molecule has 1 heterocycles. The summed E-state index contributed by atoms with van der Waals surface area (Å²) in [6.45, 7) is 8.34. The number of likely N-dealkylation sites (tertiary alicyclic amines) is 1. The molecule has 0 radical (unpaired) electrons. The van der Waals surface area contributed by atoms with Crippen LogP contribution < -0.4 is 4.74 Å². The molecule has 1 aromatic rings. The number of Topliss-reactive ketones (excluding diaryl/α,β-unsaturated/α-hetero) is 1. The van der Waals surface area contributed by atoms with Gasteiger partial charge < -0.3 is 9.64 Å². The Balaban J connectivity index is 1.63. The number of benzene rings is 1. The maximum absolute atomic E-state index is 11.3. The lowest BCUT2D eigenvalue weighted by Crippen LogP contribution is -2.35. The van der Waals surface area contributed by atoms with Gasteiger partial charge in [-0.05, 0) is 63.7 Å². The van der Waals surface area contributed by atoms with Gasteiger partial charge in [-0.15, -0.1) is 0 Å². The zero-order valence-electron chi connectivity index (χ0n) is 13.3. The van der Waals surface area contributed by atoms with Crippen molar-refractivity contribution >= 4 is 5.78 Å². The second-order valence-corrected chi connectivity index (χ2v) is 6.19. The van der Waals surface area contributed by atoms with Gasteiger partial charge in [-0.3, -0.25) is 4.79 Å². The lowest BCUT2D eigenvalue weighted by atomic mass is 10.0. The molecular weight excluding hydrogens is 262 g/mol. The van der Waals surface area contributed by atoms with E-state index in [0.717, 1.165) is 30.3 Å². The summed E-state index contributed by atoms with van der Waals surface area (Å²) in [5.74, 6) is 1.73. The summed E-state index contributed by atoms with van der Waals surface area (Å²) < 4.78 is 5.74. The third kappa shape index (κ3) is 5.50. The standard InChI is InChI=1S/C18H27NO2/c1-15-7-6-11-19(14-15)10-3-4-12-21-18-9-5-8-17(13-18)16(2)20/h5,8-9,13,15H,3-4,6-7,10-12,14H2,1-2H3/t15-/m1/s1. The van der Waals surface area contributed by atoms with E-state index in [2.05, 4.69) is 11.8 Å². The molecular formula is C18H27NO2. The Morgan fingerprint density at radius 1 is 1.38 bits per heavy atom. The molecule has 1 aliphatic heterocycles. The normalized spacial score (nSPS) is 19.4. The molecule has 0 bridgehead atoms. The van der Waals surface area contributed by atoms with Gasteiger partial charge in [-0.1, -0.05) is 19.1 Å². The van der Waals surface area contributed by atoms with Crippen LogP contribution in [0.5, 0.6) is 5.75 Å². The van der Waals surface area contributed by atoms with Crippen molar-refractivity contribution in [1.82, 2.24) is 4.90 Å². The molecule has 2 rings (SSSR count). The highest BCUT2D eigenvalue weighted by atomic mass is 16.5. The van der Waals surface area contributed by atoms with E-state index < -0.39 is 0 Å². The first-order valence-corrected chi connectivity index (χ1v) is 8.11. The van der Waals surface area contributed by atoms with Crippen LogP contribution in [0.1, 0.15) is 49.9 Å². The molecule has 1 aromatic carbocycles. The number of rotatable bonds is 7. The van der Waals surface area contributed by atoms with E-state index in [-0.39, 0.29) is 5.78 Å². The smallest absolute Gasteiger partial charge is 0.159 e. The zero-order chi connectivity index (χ0) is 15.1. The fraction of sp³-hybridized carbons (Fsp3) is 0.611. The van der Waals surface area contributed by atoms with E-state index >= 15 is 0 Å². The summed E-state index contributed by atoms with van der Waals surface area (Å²) in [5.41, 5.74) is 0.717. The summed E-state index contributed by atoms with van der Waals surface area (Å²) >= 11 is 0. The number of nitrogens with zero attached hydrogens (tertiary/aromatic N) is 1. The summed E-state index contributed by atoms with van der Waals surface area (Å²) in [5, 5.41) is 0. The van der Waals surface area contributed by atoms with Crippen LogP contribution in [0, 0.1) is 5.92 Å². The molecule has 1 atom stereocenters. The largest absolute Gasteiger partial charge is 0.494 e. The maximum atomic E-state index is 11.3. The third-order valence-corrected chi connectivity index (χ3v) is 4.12. The lowest BCUT2D eigenvalue weighted by Gasteiger charge is -2.30. The highest BCUT2D eigenvalue weighted by Crippen LogP contribution is 2.16. The first-order valence-electron chi connectivity index (χ1n) is 8.11. The Kier molecular flexibility index (Phi) is 6.24. The first-order chi connectivity index (χ1) is 10.1. The fourth-order valence-corrected chi connectivity index (χ4v) is 2.92. The van der Waals surface area contributed by atoms with Gasteiger partial charge in [0, 0.05) is 12.1 Å². The highest BCUT2D eigenvalue weighted by Gasteiger charge is 2.15. The minimum atomic E-state index is 0.0830. The molecule has 0 saturated carbocycles. The Bertz CT molecular complexity index is 458. The van der Waals surface area contributed by atoms with Crippen molar-refractivity contribution in [3.8, 4) is 5.75 Å². The van der Waals surface area contributed by atoms with Crippen LogP contribution in [0.15, 0.2) is 24.3 Å². The van der Waals surface area contributed by atoms with Crippen LogP contribution in [0.25, 0.3) is 0 Å². The number of piperidine rings is 1. The van der Waals surface area contributed by atoms with Gasteiger partial charge in [0.05, 0.1) is 6.61 Å². The maximum Gasteiger partial charge on any atom is 0.159 e.